The molecule has 29 heavy (non-hydrogen) atoms. The van der Waals surface area contributed by atoms with Crippen molar-refractivity contribution in [1.29, 1.82) is 0 Å². The minimum absolute atomic E-state index is 0.180. The summed E-state index contributed by atoms with van der Waals surface area (Å²) in [6.07, 6.45) is 0.886. The molecule has 0 radical (unpaired) electrons. The first-order chi connectivity index (χ1) is 14.3. The van der Waals surface area contributed by atoms with Crippen LogP contribution < -0.4 is 5.32 Å². The van der Waals surface area contributed by atoms with Gasteiger partial charge in [0.2, 0.25) is 5.82 Å². The lowest BCUT2D eigenvalue weighted by molar-refractivity contribution is 0.0374. The molecule has 1 aliphatic heterocycles. The summed E-state index contributed by atoms with van der Waals surface area (Å²) >= 11 is 0. The molecule has 0 bridgehead atoms. The number of morpholine rings is 1. The molecule has 3 aromatic rings. The van der Waals surface area contributed by atoms with Crippen LogP contribution >= 0.6 is 0 Å². The van der Waals surface area contributed by atoms with Gasteiger partial charge in [0.15, 0.2) is 5.82 Å². The fourth-order valence-electron chi connectivity index (χ4n) is 3.34. The van der Waals surface area contributed by atoms with Gasteiger partial charge >= 0.3 is 0 Å². The Bertz CT molecular complexity index is 864. The SMILES string of the molecule is O=C(NCCCN1CCOCC1)c1nc(-c2ccccc2)n(-c2ccccc2)n1. The molecular weight excluding hydrogens is 366 g/mol. The third kappa shape index (κ3) is 4.88. The molecule has 0 atom stereocenters. The third-order valence-electron chi connectivity index (χ3n) is 4.88. The maximum Gasteiger partial charge on any atom is 0.290 e. The first-order valence-electron chi connectivity index (χ1n) is 9.97. The van der Waals surface area contributed by atoms with Crippen LogP contribution in [0.1, 0.15) is 17.0 Å². The molecule has 0 unspecified atom stereocenters. The van der Waals surface area contributed by atoms with E-state index in [-0.39, 0.29) is 11.7 Å². The van der Waals surface area contributed by atoms with Gasteiger partial charge < -0.3 is 10.1 Å². The van der Waals surface area contributed by atoms with Crippen molar-refractivity contribution in [3.63, 3.8) is 0 Å². The molecule has 0 aliphatic carbocycles. The van der Waals surface area contributed by atoms with Crippen LogP contribution in [0, 0.1) is 0 Å². The second kappa shape index (κ2) is 9.45. The topological polar surface area (TPSA) is 72.3 Å². The van der Waals surface area contributed by atoms with Crippen molar-refractivity contribution < 1.29 is 9.53 Å². The van der Waals surface area contributed by atoms with Crippen LogP contribution in [0.15, 0.2) is 60.7 Å². The molecule has 7 heteroatoms. The molecule has 2 aromatic carbocycles. The predicted molar refractivity (Wildman–Crippen MR) is 111 cm³/mol. The van der Waals surface area contributed by atoms with E-state index >= 15 is 0 Å². The van der Waals surface area contributed by atoms with Crippen LogP contribution in [-0.4, -0.2) is 65.0 Å². The normalized spacial score (nSPS) is 14.6. The van der Waals surface area contributed by atoms with E-state index in [2.05, 4.69) is 20.3 Å². The average molecular weight is 391 g/mol. The van der Waals surface area contributed by atoms with Gasteiger partial charge in [0, 0.05) is 25.2 Å². The molecule has 1 N–H and O–H groups in total. The van der Waals surface area contributed by atoms with E-state index in [1.54, 1.807) is 4.68 Å². The number of carbonyl (C=O) groups excluding carboxylic acids is 1. The summed E-state index contributed by atoms with van der Waals surface area (Å²) in [6.45, 7) is 5.03. The Morgan fingerprint density at radius 3 is 2.41 bits per heavy atom. The van der Waals surface area contributed by atoms with E-state index in [0.29, 0.717) is 12.4 Å². The highest BCUT2D eigenvalue weighted by molar-refractivity contribution is 5.91. The molecule has 0 saturated carbocycles. The van der Waals surface area contributed by atoms with Crippen LogP contribution in [0.4, 0.5) is 0 Å². The van der Waals surface area contributed by atoms with Crippen LogP contribution in [0.3, 0.4) is 0 Å². The number of aromatic nitrogens is 3. The molecule has 1 aliphatic rings. The zero-order valence-corrected chi connectivity index (χ0v) is 16.3. The van der Waals surface area contributed by atoms with Gasteiger partial charge in [0.1, 0.15) is 0 Å². The van der Waals surface area contributed by atoms with E-state index in [1.807, 2.05) is 60.7 Å². The molecule has 1 amide bonds. The Labute approximate surface area is 170 Å². The Morgan fingerprint density at radius 2 is 1.69 bits per heavy atom. The molecule has 7 nitrogen and oxygen atoms in total. The van der Waals surface area contributed by atoms with Crippen LogP contribution in [0.5, 0.6) is 0 Å². The summed E-state index contributed by atoms with van der Waals surface area (Å²) in [5, 5.41) is 7.44. The lowest BCUT2D eigenvalue weighted by Gasteiger charge is -2.26. The van der Waals surface area contributed by atoms with Crippen molar-refractivity contribution in [2.45, 2.75) is 6.42 Å². The number of ether oxygens (including phenoxy) is 1. The predicted octanol–water partition coefficient (Wildman–Crippen LogP) is 2.39. The lowest BCUT2D eigenvalue weighted by atomic mass is 10.2. The van der Waals surface area contributed by atoms with Crippen molar-refractivity contribution >= 4 is 5.91 Å². The summed E-state index contributed by atoms with van der Waals surface area (Å²) in [6, 6.07) is 19.5. The van der Waals surface area contributed by atoms with E-state index in [0.717, 1.165) is 50.5 Å². The van der Waals surface area contributed by atoms with Gasteiger partial charge in [-0.05, 0) is 25.1 Å². The number of benzene rings is 2. The zero-order chi connectivity index (χ0) is 19.9. The van der Waals surface area contributed by atoms with E-state index in [1.165, 1.54) is 0 Å². The molecular formula is C22H25N5O2. The summed E-state index contributed by atoms with van der Waals surface area (Å²) in [4.78, 5) is 19.5. The third-order valence-corrected chi connectivity index (χ3v) is 4.88. The maximum absolute atomic E-state index is 12.6. The fraction of sp³-hybridized carbons (Fsp3) is 0.318. The molecule has 1 aromatic heterocycles. The molecule has 1 saturated heterocycles. The minimum atomic E-state index is -0.251. The molecule has 1 fully saturated rings. The van der Waals surface area contributed by atoms with Crippen LogP contribution in [0.25, 0.3) is 17.1 Å². The fourth-order valence-corrected chi connectivity index (χ4v) is 3.34. The van der Waals surface area contributed by atoms with Gasteiger partial charge in [-0.1, -0.05) is 48.5 Å². The first kappa shape index (κ1) is 19.3. The number of hydrogen-bond donors (Lipinski definition) is 1. The first-order valence-corrected chi connectivity index (χ1v) is 9.97. The highest BCUT2D eigenvalue weighted by atomic mass is 16.5. The maximum atomic E-state index is 12.6. The van der Waals surface area contributed by atoms with Gasteiger partial charge in [0.25, 0.3) is 5.91 Å². The highest BCUT2D eigenvalue weighted by Gasteiger charge is 2.18. The number of rotatable bonds is 7. The number of carbonyl (C=O) groups is 1. The zero-order valence-electron chi connectivity index (χ0n) is 16.3. The Kier molecular flexibility index (Phi) is 6.29. The van der Waals surface area contributed by atoms with Gasteiger partial charge in [0.05, 0.1) is 18.9 Å². The molecule has 150 valence electrons. The Hall–Kier alpha value is -3.03. The standard InChI is InChI=1S/C22H25N5O2/c28-22(23-12-7-13-26-14-16-29-17-15-26)20-24-21(18-8-3-1-4-9-18)27(25-20)19-10-5-2-6-11-19/h1-6,8-11H,7,12-17H2,(H,23,28). The smallest absolute Gasteiger partial charge is 0.290 e. The number of nitrogens with zero attached hydrogens (tertiary/aromatic N) is 4. The monoisotopic (exact) mass is 391 g/mol. The second-order valence-corrected chi connectivity index (χ2v) is 6.94. The van der Waals surface area contributed by atoms with Crippen LogP contribution in [0.2, 0.25) is 0 Å². The van der Waals surface area contributed by atoms with Crippen LogP contribution in [-0.2, 0) is 4.74 Å². The number of nitrogens with one attached hydrogen (secondary N) is 1. The Morgan fingerprint density at radius 1 is 1.00 bits per heavy atom. The summed E-state index contributed by atoms with van der Waals surface area (Å²) in [5.41, 5.74) is 1.78. The summed E-state index contributed by atoms with van der Waals surface area (Å²) in [7, 11) is 0. The molecule has 4 rings (SSSR count). The van der Waals surface area contributed by atoms with E-state index < -0.39 is 0 Å². The van der Waals surface area contributed by atoms with Gasteiger partial charge in [-0.3, -0.25) is 9.69 Å². The lowest BCUT2D eigenvalue weighted by Crippen LogP contribution is -2.38. The summed E-state index contributed by atoms with van der Waals surface area (Å²) in [5.74, 6) is 0.577. The highest BCUT2D eigenvalue weighted by Crippen LogP contribution is 2.20. The van der Waals surface area contributed by atoms with E-state index in [9.17, 15) is 4.79 Å². The van der Waals surface area contributed by atoms with Crippen molar-refractivity contribution in [1.82, 2.24) is 25.0 Å². The number of hydrogen-bond acceptors (Lipinski definition) is 5. The Balaban J connectivity index is 1.45. The van der Waals surface area contributed by atoms with Crippen molar-refractivity contribution in [3.8, 4) is 17.1 Å². The van der Waals surface area contributed by atoms with Crippen molar-refractivity contribution in [3.05, 3.63) is 66.5 Å². The quantitative estimate of drug-likeness (QED) is 0.626. The number of amides is 1. The van der Waals surface area contributed by atoms with Crippen molar-refractivity contribution in [2.24, 2.45) is 0 Å². The van der Waals surface area contributed by atoms with Gasteiger partial charge in [-0.2, -0.15) is 0 Å². The van der Waals surface area contributed by atoms with Gasteiger partial charge in [-0.15, -0.1) is 5.10 Å². The number of para-hydroxylation sites is 1. The largest absolute Gasteiger partial charge is 0.379 e. The average Bonchev–Trinajstić information content (AvgIpc) is 3.24. The minimum Gasteiger partial charge on any atom is -0.379 e. The van der Waals surface area contributed by atoms with Crippen molar-refractivity contribution in [2.75, 3.05) is 39.4 Å². The van der Waals surface area contributed by atoms with E-state index in [4.69, 9.17) is 4.74 Å². The summed E-state index contributed by atoms with van der Waals surface area (Å²) < 4.78 is 7.08. The molecule has 0 spiro atoms. The molecule has 2 heterocycles. The van der Waals surface area contributed by atoms with Gasteiger partial charge in [-0.25, -0.2) is 9.67 Å². The second-order valence-electron chi connectivity index (χ2n) is 6.94.